The van der Waals surface area contributed by atoms with Crippen molar-refractivity contribution >= 4 is 34.2 Å². The standard InChI is InChI=1S/C25H29ClN4O2/c1-18(31)29-10-12-30(13-11-29)25-21(15-20-6-7-22(26)16-24(20)28-25)17-27-9-8-19-4-3-5-23(14-19)32-2/h3-7,14-16,27H,8-13,17H2,1-2H3. The van der Waals surface area contributed by atoms with Crippen LogP contribution in [0.1, 0.15) is 18.1 Å². The Morgan fingerprint density at radius 2 is 1.94 bits per heavy atom. The highest BCUT2D eigenvalue weighted by molar-refractivity contribution is 6.31. The topological polar surface area (TPSA) is 57.7 Å². The van der Waals surface area contributed by atoms with E-state index >= 15 is 0 Å². The molecule has 0 saturated carbocycles. The van der Waals surface area contributed by atoms with E-state index in [1.807, 2.05) is 35.2 Å². The lowest BCUT2D eigenvalue weighted by Crippen LogP contribution is -2.48. The van der Waals surface area contributed by atoms with E-state index in [0.717, 1.165) is 60.6 Å². The van der Waals surface area contributed by atoms with Gasteiger partial charge in [-0.25, -0.2) is 4.98 Å². The lowest BCUT2D eigenvalue weighted by Gasteiger charge is -2.36. The van der Waals surface area contributed by atoms with Crippen molar-refractivity contribution in [1.82, 2.24) is 15.2 Å². The number of fused-ring (bicyclic) bond motifs is 1. The predicted octanol–water partition coefficient (Wildman–Crippen LogP) is 3.90. The molecule has 1 aliphatic heterocycles. The quantitative estimate of drug-likeness (QED) is 0.551. The van der Waals surface area contributed by atoms with Gasteiger partial charge in [0.05, 0.1) is 12.6 Å². The minimum atomic E-state index is 0.127. The molecule has 1 amide bonds. The van der Waals surface area contributed by atoms with Crippen LogP contribution in [0.4, 0.5) is 5.82 Å². The van der Waals surface area contributed by atoms with Crippen LogP contribution in [0, 0.1) is 0 Å². The number of hydrogen-bond donors (Lipinski definition) is 1. The highest BCUT2D eigenvalue weighted by Crippen LogP contribution is 2.27. The minimum Gasteiger partial charge on any atom is -0.497 e. The van der Waals surface area contributed by atoms with Gasteiger partial charge in [-0.3, -0.25) is 4.79 Å². The summed E-state index contributed by atoms with van der Waals surface area (Å²) in [5.74, 6) is 1.98. The Morgan fingerprint density at radius 3 is 2.69 bits per heavy atom. The van der Waals surface area contributed by atoms with Crippen molar-refractivity contribution < 1.29 is 9.53 Å². The molecule has 0 unspecified atom stereocenters. The molecule has 3 aromatic rings. The van der Waals surface area contributed by atoms with E-state index in [1.54, 1.807) is 14.0 Å². The Labute approximate surface area is 194 Å². The van der Waals surface area contributed by atoms with Crippen molar-refractivity contribution in [3.8, 4) is 5.75 Å². The smallest absolute Gasteiger partial charge is 0.219 e. The number of nitrogens with zero attached hydrogens (tertiary/aromatic N) is 3. The summed E-state index contributed by atoms with van der Waals surface area (Å²) in [5, 5.41) is 5.33. The summed E-state index contributed by atoms with van der Waals surface area (Å²) in [4.78, 5) is 20.8. The normalized spacial score (nSPS) is 14.1. The Balaban J connectivity index is 1.49. The van der Waals surface area contributed by atoms with Gasteiger partial charge in [0.15, 0.2) is 0 Å². The van der Waals surface area contributed by atoms with Crippen LogP contribution in [-0.4, -0.2) is 55.6 Å². The number of anilines is 1. The van der Waals surface area contributed by atoms with E-state index < -0.39 is 0 Å². The van der Waals surface area contributed by atoms with Crippen molar-refractivity contribution in [3.63, 3.8) is 0 Å². The molecule has 0 bridgehead atoms. The van der Waals surface area contributed by atoms with Crippen molar-refractivity contribution in [2.45, 2.75) is 19.9 Å². The lowest BCUT2D eigenvalue weighted by atomic mass is 10.1. The fourth-order valence-corrected chi connectivity index (χ4v) is 4.26. The van der Waals surface area contributed by atoms with Crippen LogP contribution in [0.5, 0.6) is 5.75 Å². The number of nitrogens with one attached hydrogen (secondary N) is 1. The van der Waals surface area contributed by atoms with Gasteiger partial charge in [0.2, 0.25) is 5.91 Å². The fraction of sp³-hybridized carbons (Fsp3) is 0.360. The van der Waals surface area contributed by atoms with Gasteiger partial charge in [0.25, 0.3) is 0 Å². The third-order valence-corrected chi connectivity index (χ3v) is 6.14. The number of hydrogen-bond acceptors (Lipinski definition) is 5. The molecule has 1 N–H and O–H groups in total. The van der Waals surface area contributed by atoms with Crippen molar-refractivity contribution in [1.29, 1.82) is 0 Å². The number of benzene rings is 2. The number of rotatable bonds is 7. The Morgan fingerprint density at radius 1 is 1.12 bits per heavy atom. The second-order valence-electron chi connectivity index (χ2n) is 8.08. The zero-order valence-corrected chi connectivity index (χ0v) is 19.4. The summed E-state index contributed by atoms with van der Waals surface area (Å²) in [5.41, 5.74) is 3.28. The third-order valence-electron chi connectivity index (χ3n) is 5.90. The summed E-state index contributed by atoms with van der Waals surface area (Å²) in [7, 11) is 1.69. The lowest BCUT2D eigenvalue weighted by molar-refractivity contribution is -0.129. The molecule has 1 aliphatic rings. The minimum absolute atomic E-state index is 0.127. The number of carbonyl (C=O) groups is 1. The molecular formula is C25H29ClN4O2. The number of halogens is 1. The second-order valence-corrected chi connectivity index (χ2v) is 8.52. The first kappa shape index (κ1) is 22.4. The van der Waals surface area contributed by atoms with Gasteiger partial charge >= 0.3 is 0 Å². The van der Waals surface area contributed by atoms with Crippen LogP contribution < -0.4 is 15.0 Å². The molecule has 1 fully saturated rings. The number of ether oxygens (including phenoxy) is 1. The van der Waals surface area contributed by atoms with Crippen LogP contribution in [0.3, 0.4) is 0 Å². The molecule has 0 spiro atoms. The van der Waals surface area contributed by atoms with Crippen molar-refractivity contribution in [2.24, 2.45) is 0 Å². The molecule has 2 heterocycles. The highest BCUT2D eigenvalue weighted by atomic mass is 35.5. The number of piperazine rings is 1. The molecular weight excluding hydrogens is 424 g/mol. The maximum Gasteiger partial charge on any atom is 0.219 e. The van der Waals surface area contributed by atoms with E-state index in [9.17, 15) is 4.79 Å². The van der Waals surface area contributed by atoms with E-state index in [1.165, 1.54) is 5.56 Å². The average Bonchev–Trinajstić information content (AvgIpc) is 2.81. The molecule has 6 nitrogen and oxygen atoms in total. The first-order chi connectivity index (χ1) is 15.5. The molecule has 32 heavy (non-hydrogen) atoms. The van der Waals surface area contributed by atoms with E-state index in [0.29, 0.717) is 18.1 Å². The Hall–Kier alpha value is -2.83. The van der Waals surface area contributed by atoms with E-state index in [4.69, 9.17) is 21.3 Å². The molecule has 0 aliphatic carbocycles. The SMILES string of the molecule is COc1cccc(CCNCc2cc3ccc(Cl)cc3nc2N2CCN(C(C)=O)CC2)c1. The fourth-order valence-electron chi connectivity index (χ4n) is 4.09. The van der Waals surface area contributed by atoms with Gasteiger partial charge in [-0.05, 0) is 48.9 Å². The first-order valence-corrected chi connectivity index (χ1v) is 11.3. The summed E-state index contributed by atoms with van der Waals surface area (Å²) in [6.45, 7) is 6.18. The maximum absolute atomic E-state index is 11.7. The molecule has 168 valence electrons. The zero-order valence-electron chi connectivity index (χ0n) is 18.6. The molecule has 4 rings (SSSR count). The molecule has 1 aromatic heterocycles. The van der Waals surface area contributed by atoms with E-state index in [-0.39, 0.29) is 5.91 Å². The average molecular weight is 453 g/mol. The first-order valence-electron chi connectivity index (χ1n) is 11.0. The number of pyridine rings is 1. The molecule has 0 atom stereocenters. The van der Waals surface area contributed by atoms with Crippen LogP contribution in [-0.2, 0) is 17.8 Å². The second kappa shape index (κ2) is 10.2. The van der Waals surface area contributed by atoms with E-state index in [2.05, 4.69) is 28.4 Å². The van der Waals surface area contributed by atoms with Gasteiger partial charge in [0.1, 0.15) is 11.6 Å². The van der Waals surface area contributed by atoms with Crippen LogP contribution >= 0.6 is 11.6 Å². The Kier molecular flexibility index (Phi) is 7.12. The van der Waals surface area contributed by atoms with Gasteiger partial charge in [-0.1, -0.05) is 29.8 Å². The van der Waals surface area contributed by atoms with Crippen LogP contribution in [0.15, 0.2) is 48.5 Å². The monoisotopic (exact) mass is 452 g/mol. The summed E-state index contributed by atoms with van der Waals surface area (Å²) >= 11 is 6.21. The van der Waals surface area contributed by atoms with Crippen LogP contribution in [0.25, 0.3) is 10.9 Å². The summed E-state index contributed by atoms with van der Waals surface area (Å²) < 4.78 is 5.32. The molecule has 7 heteroatoms. The number of methoxy groups -OCH3 is 1. The van der Waals surface area contributed by atoms with Crippen molar-refractivity contribution in [2.75, 3.05) is 44.7 Å². The van der Waals surface area contributed by atoms with Gasteiger partial charge in [0, 0.05) is 55.6 Å². The predicted molar refractivity (Wildman–Crippen MR) is 130 cm³/mol. The third kappa shape index (κ3) is 5.31. The van der Waals surface area contributed by atoms with Crippen molar-refractivity contribution in [3.05, 3.63) is 64.7 Å². The Bertz CT molecular complexity index is 1100. The van der Waals surface area contributed by atoms with Crippen LogP contribution in [0.2, 0.25) is 5.02 Å². The maximum atomic E-state index is 11.7. The molecule has 0 radical (unpaired) electrons. The zero-order chi connectivity index (χ0) is 22.5. The number of amides is 1. The van der Waals surface area contributed by atoms with Gasteiger partial charge in [-0.15, -0.1) is 0 Å². The summed E-state index contributed by atoms with van der Waals surface area (Å²) in [6, 6.07) is 16.2. The molecule has 2 aromatic carbocycles. The number of carbonyl (C=O) groups excluding carboxylic acids is 1. The summed E-state index contributed by atoms with van der Waals surface area (Å²) in [6.07, 6.45) is 0.917. The van der Waals surface area contributed by atoms with Gasteiger partial charge < -0.3 is 19.9 Å². The highest BCUT2D eigenvalue weighted by Gasteiger charge is 2.22. The van der Waals surface area contributed by atoms with Gasteiger partial charge in [-0.2, -0.15) is 0 Å². The largest absolute Gasteiger partial charge is 0.497 e. The molecule has 1 saturated heterocycles. The number of aromatic nitrogens is 1.